The van der Waals surface area contributed by atoms with Crippen LogP contribution in [0.25, 0.3) is 0 Å². The normalized spacial score (nSPS) is 12.2. The van der Waals surface area contributed by atoms with E-state index in [1.54, 1.807) is 23.1 Å². The van der Waals surface area contributed by atoms with Crippen molar-refractivity contribution < 1.29 is 22.1 Å². The van der Waals surface area contributed by atoms with Gasteiger partial charge in [-0.2, -0.15) is 8.42 Å². The van der Waals surface area contributed by atoms with Crippen molar-refractivity contribution in [2.24, 2.45) is 0 Å². The van der Waals surface area contributed by atoms with Gasteiger partial charge < -0.3 is 24.0 Å². The first-order valence-electron chi connectivity index (χ1n) is 12.1. The van der Waals surface area contributed by atoms with Crippen molar-refractivity contribution in [3.63, 3.8) is 0 Å². The molecule has 35 heavy (non-hydrogen) atoms. The van der Waals surface area contributed by atoms with E-state index in [2.05, 4.69) is 10.2 Å². The molecular weight excluding hydrogens is 466 g/mol. The number of rotatable bonds is 12. The second kappa shape index (κ2) is 12.7. The summed E-state index contributed by atoms with van der Waals surface area (Å²) < 4.78 is 37.1. The molecule has 1 N–H and O–H groups in total. The zero-order chi connectivity index (χ0) is 26.2. The van der Waals surface area contributed by atoms with Crippen molar-refractivity contribution in [1.82, 2.24) is 10.2 Å². The molecular formula is C26H39N3O5S. The fourth-order valence-corrected chi connectivity index (χ4v) is 4.56. The third kappa shape index (κ3) is 7.52. The number of hydrogen-bond donors (Lipinski definition) is 1. The van der Waals surface area contributed by atoms with Gasteiger partial charge >= 0.3 is 16.1 Å². The molecule has 0 bridgehead atoms. The highest BCUT2D eigenvalue weighted by Gasteiger charge is 2.25. The Morgan fingerprint density at radius 2 is 1.63 bits per heavy atom. The van der Waals surface area contributed by atoms with E-state index in [9.17, 15) is 13.2 Å². The second-order valence-corrected chi connectivity index (χ2v) is 10.2. The molecule has 2 amide bonds. The fraction of sp³-hybridized carbons (Fsp3) is 0.500. The fourth-order valence-electron chi connectivity index (χ4n) is 3.61. The number of amides is 2. The molecule has 0 aliphatic heterocycles. The van der Waals surface area contributed by atoms with E-state index in [-0.39, 0.29) is 35.3 Å². The highest BCUT2D eigenvalue weighted by Crippen LogP contribution is 2.31. The highest BCUT2D eigenvalue weighted by molar-refractivity contribution is 7.87. The summed E-state index contributed by atoms with van der Waals surface area (Å²) in [6.07, 6.45) is 0.753. The van der Waals surface area contributed by atoms with Crippen LogP contribution in [0.1, 0.15) is 53.5 Å². The second-order valence-electron chi connectivity index (χ2n) is 8.67. The maximum absolute atomic E-state index is 13.2. The molecule has 0 radical (unpaired) electrons. The van der Waals surface area contributed by atoms with Gasteiger partial charge in [-0.1, -0.05) is 13.0 Å². The summed E-state index contributed by atoms with van der Waals surface area (Å²) in [6, 6.07) is 11.3. The Morgan fingerprint density at radius 3 is 2.14 bits per heavy atom. The maximum atomic E-state index is 13.2. The van der Waals surface area contributed by atoms with Crippen LogP contribution in [0.3, 0.4) is 0 Å². The molecule has 2 aromatic carbocycles. The summed E-state index contributed by atoms with van der Waals surface area (Å²) >= 11 is 0. The van der Waals surface area contributed by atoms with Gasteiger partial charge in [-0.05, 0) is 71.4 Å². The average molecular weight is 506 g/mol. The van der Waals surface area contributed by atoms with E-state index in [4.69, 9.17) is 8.92 Å². The van der Waals surface area contributed by atoms with Gasteiger partial charge in [-0.25, -0.2) is 4.79 Å². The van der Waals surface area contributed by atoms with E-state index in [0.29, 0.717) is 11.3 Å². The number of carbonyl (C=O) groups is 1. The number of benzene rings is 2. The molecule has 9 heteroatoms. The minimum atomic E-state index is -4.11. The molecule has 2 aromatic rings. The van der Waals surface area contributed by atoms with Crippen LogP contribution in [0.2, 0.25) is 0 Å². The Morgan fingerprint density at radius 1 is 1.00 bits per heavy atom. The lowest BCUT2D eigenvalue weighted by atomic mass is 10.1. The van der Waals surface area contributed by atoms with Crippen molar-refractivity contribution in [3.05, 3.63) is 48.0 Å². The number of carbonyl (C=O) groups excluding carboxylic acids is 1. The zero-order valence-electron chi connectivity index (χ0n) is 21.9. The summed E-state index contributed by atoms with van der Waals surface area (Å²) in [5.74, 6) is 0.754. The largest absolute Gasteiger partial charge is 0.497 e. The molecule has 0 fully saturated rings. The third-order valence-corrected chi connectivity index (χ3v) is 7.11. The minimum absolute atomic E-state index is 0.0221. The predicted molar refractivity (Wildman–Crippen MR) is 140 cm³/mol. The van der Waals surface area contributed by atoms with E-state index in [1.165, 1.54) is 19.2 Å². The molecule has 0 unspecified atom stereocenters. The smallest absolute Gasteiger partial charge is 0.339 e. The Labute approximate surface area is 210 Å². The number of urea groups is 1. The number of hydrogen-bond acceptors (Lipinski definition) is 6. The summed E-state index contributed by atoms with van der Waals surface area (Å²) in [4.78, 5) is 16.8. The highest BCUT2D eigenvalue weighted by atomic mass is 32.2. The van der Waals surface area contributed by atoms with Crippen molar-refractivity contribution in [3.8, 4) is 11.5 Å². The molecule has 0 aliphatic rings. The first-order valence-corrected chi connectivity index (χ1v) is 13.5. The Bertz CT molecular complexity index is 1070. The summed E-state index contributed by atoms with van der Waals surface area (Å²) in [5, 5.41) is 2.94. The van der Waals surface area contributed by atoms with E-state index < -0.39 is 10.1 Å². The van der Waals surface area contributed by atoms with Gasteiger partial charge in [0.15, 0.2) is 0 Å². The standard InChI is InChI=1S/C26H39N3O5S/c1-8-20(6)29(26(30)27-19(4)5)18-21-11-12-22(28(9-2)10-3)17-25(21)34-35(31,32)24-15-13-23(33-7)14-16-24/h11-17,19-20H,8-10,18H2,1-7H3,(H,27,30)/t20-/m0/s1. The quantitative estimate of drug-likeness (QED) is 0.407. The van der Waals surface area contributed by atoms with Crippen LogP contribution in [0.4, 0.5) is 10.5 Å². The lowest BCUT2D eigenvalue weighted by Crippen LogP contribution is -2.46. The number of nitrogens with zero attached hydrogens (tertiary/aromatic N) is 2. The zero-order valence-corrected chi connectivity index (χ0v) is 22.7. The summed E-state index contributed by atoms with van der Waals surface area (Å²) in [7, 11) is -2.59. The van der Waals surface area contributed by atoms with Crippen molar-refractivity contribution in [2.45, 2.75) is 71.5 Å². The molecule has 194 valence electrons. The van der Waals surface area contributed by atoms with Crippen LogP contribution in [-0.2, 0) is 16.7 Å². The first-order chi connectivity index (χ1) is 16.6. The SMILES string of the molecule is CC[C@H](C)N(Cc1ccc(N(CC)CC)cc1OS(=O)(=O)c1ccc(OC)cc1)C(=O)NC(C)C. The van der Waals surface area contributed by atoms with E-state index in [1.807, 2.05) is 53.7 Å². The first kappa shape index (κ1) is 28.3. The van der Waals surface area contributed by atoms with Crippen molar-refractivity contribution in [1.29, 1.82) is 0 Å². The monoisotopic (exact) mass is 505 g/mol. The lowest BCUT2D eigenvalue weighted by molar-refractivity contribution is 0.170. The molecule has 0 saturated heterocycles. The molecule has 0 aliphatic carbocycles. The van der Waals surface area contributed by atoms with Crippen LogP contribution in [0.5, 0.6) is 11.5 Å². The molecule has 0 spiro atoms. The number of anilines is 1. The Kier molecular flexibility index (Phi) is 10.2. The van der Waals surface area contributed by atoms with Gasteiger partial charge in [-0.15, -0.1) is 0 Å². The summed E-state index contributed by atoms with van der Waals surface area (Å²) in [5.41, 5.74) is 1.46. The van der Waals surface area contributed by atoms with E-state index >= 15 is 0 Å². The molecule has 0 aromatic heterocycles. The van der Waals surface area contributed by atoms with Crippen LogP contribution < -0.4 is 19.1 Å². The molecule has 0 saturated carbocycles. The number of methoxy groups -OCH3 is 1. The Balaban J connectivity index is 2.51. The molecule has 8 nitrogen and oxygen atoms in total. The molecule has 2 rings (SSSR count). The van der Waals surface area contributed by atoms with Crippen LogP contribution in [0.15, 0.2) is 47.4 Å². The topological polar surface area (TPSA) is 88.2 Å². The van der Waals surface area contributed by atoms with Gasteiger partial charge in [0, 0.05) is 42.5 Å². The van der Waals surface area contributed by atoms with Crippen LogP contribution in [-0.4, -0.2) is 51.6 Å². The van der Waals surface area contributed by atoms with Gasteiger partial charge in [0.2, 0.25) is 0 Å². The van der Waals surface area contributed by atoms with Gasteiger partial charge in [0.25, 0.3) is 0 Å². The molecule has 0 heterocycles. The minimum Gasteiger partial charge on any atom is -0.497 e. The predicted octanol–water partition coefficient (Wildman–Crippen LogP) is 5.03. The summed E-state index contributed by atoms with van der Waals surface area (Å²) in [6.45, 7) is 13.6. The Hall–Kier alpha value is -2.94. The van der Waals surface area contributed by atoms with Crippen LogP contribution in [0, 0.1) is 0 Å². The number of ether oxygens (including phenoxy) is 1. The van der Waals surface area contributed by atoms with Gasteiger partial charge in [0.1, 0.15) is 16.4 Å². The van der Waals surface area contributed by atoms with Gasteiger partial charge in [0.05, 0.1) is 13.7 Å². The van der Waals surface area contributed by atoms with Gasteiger partial charge in [-0.3, -0.25) is 0 Å². The van der Waals surface area contributed by atoms with E-state index in [0.717, 1.165) is 25.2 Å². The lowest BCUT2D eigenvalue weighted by Gasteiger charge is -2.30. The van der Waals surface area contributed by atoms with Crippen molar-refractivity contribution in [2.75, 3.05) is 25.1 Å². The van der Waals surface area contributed by atoms with Crippen molar-refractivity contribution >= 4 is 21.8 Å². The number of nitrogens with one attached hydrogen (secondary N) is 1. The molecule has 1 atom stereocenters. The third-order valence-electron chi connectivity index (χ3n) is 5.86. The van der Waals surface area contributed by atoms with Crippen LogP contribution >= 0.6 is 0 Å². The average Bonchev–Trinajstić information content (AvgIpc) is 2.83. The maximum Gasteiger partial charge on any atom is 0.339 e.